The average molecular weight is 557 g/mol. The Balaban J connectivity index is 2.12. The van der Waals surface area contributed by atoms with Crippen molar-refractivity contribution in [1.82, 2.24) is 16.0 Å². The second kappa shape index (κ2) is 12.5. The smallest absolute Gasteiger partial charge is 0.350 e. The fourth-order valence-corrected chi connectivity index (χ4v) is 3.75. The highest BCUT2D eigenvalue weighted by molar-refractivity contribution is 6.48. The van der Waals surface area contributed by atoms with E-state index in [1.54, 1.807) is 6.92 Å². The third-order valence-corrected chi connectivity index (χ3v) is 5.98. The van der Waals surface area contributed by atoms with E-state index in [1.165, 1.54) is 24.3 Å². The van der Waals surface area contributed by atoms with Crippen molar-refractivity contribution in [1.29, 1.82) is 0 Å². The number of rotatable bonds is 8. The number of hydrogen-bond donors (Lipinski definition) is 3. The Hall–Kier alpha value is -2.13. The molecule has 0 fully saturated rings. The number of halogens is 7. The van der Waals surface area contributed by atoms with E-state index in [4.69, 9.17) is 46.4 Å². The van der Waals surface area contributed by atoms with E-state index in [1.807, 2.05) is 0 Å². The zero-order valence-electron chi connectivity index (χ0n) is 17.7. The van der Waals surface area contributed by atoms with Crippen LogP contribution in [0.25, 0.3) is 6.08 Å². The molecule has 1 unspecified atom stereocenters. The van der Waals surface area contributed by atoms with E-state index in [-0.39, 0.29) is 50.3 Å². The van der Waals surface area contributed by atoms with Crippen molar-refractivity contribution in [3.05, 3.63) is 73.2 Å². The predicted molar refractivity (Wildman–Crippen MR) is 130 cm³/mol. The minimum Gasteiger partial charge on any atom is -0.350 e. The van der Waals surface area contributed by atoms with Crippen LogP contribution >= 0.6 is 46.4 Å². The van der Waals surface area contributed by atoms with Gasteiger partial charge in [0, 0.05) is 19.6 Å². The standard InChI is InChI=1S/C22H20Cl4F3N3O2/c1-2-30-21(34)32-8-7-31-20(33)14-5-3-12(9-16(14)23)4-6-15(22(27,28)29)13-10-17(24)19(26)18(25)11-13/h3-6,9-11,15H,2,7-8H2,1H3,(H,31,33)(H2,30,32,34)/b6-4+. The molecule has 2 aromatic rings. The zero-order chi connectivity index (χ0) is 25.5. The maximum absolute atomic E-state index is 13.7. The molecule has 184 valence electrons. The largest absolute Gasteiger partial charge is 0.399 e. The van der Waals surface area contributed by atoms with Crippen molar-refractivity contribution in [3.63, 3.8) is 0 Å². The second-order valence-electron chi connectivity index (χ2n) is 6.96. The molecule has 12 heteroatoms. The summed E-state index contributed by atoms with van der Waals surface area (Å²) in [5, 5.41) is 7.54. The number of nitrogens with one attached hydrogen (secondary N) is 3. The number of carbonyl (C=O) groups is 2. The van der Waals surface area contributed by atoms with Gasteiger partial charge < -0.3 is 16.0 Å². The van der Waals surface area contributed by atoms with Gasteiger partial charge in [-0.25, -0.2) is 4.79 Å². The summed E-state index contributed by atoms with van der Waals surface area (Å²) in [6.07, 6.45) is -2.45. The van der Waals surface area contributed by atoms with Gasteiger partial charge in [0.15, 0.2) is 0 Å². The van der Waals surface area contributed by atoms with Crippen LogP contribution in [-0.2, 0) is 0 Å². The molecular weight excluding hydrogens is 537 g/mol. The fraction of sp³-hybridized carbons (Fsp3) is 0.273. The molecule has 0 radical (unpaired) electrons. The molecule has 5 nitrogen and oxygen atoms in total. The Labute approximate surface area is 214 Å². The van der Waals surface area contributed by atoms with Crippen LogP contribution in [0.1, 0.15) is 34.3 Å². The van der Waals surface area contributed by atoms with Crippen LogP contribution in [0.2, 0.25) is 20.1 Å². The highest BCUT2D eigenvalue weighted by Gasteiger charge is 2.39. The zero-order valence-corrected chi connectivity index (χ0v) is 20.7. The second-order valence-corrected chi connectivity index (χ2v) is 8.56. The lowest BCUT2D eigenvalue weighted by Gasteiger charge is -2.18. The molecule has 0 saturated heterocycles. The monoisotopic (exact) mass is 555 g/mol. The Morgan fingerprint density at radius 2 is 1.56 bits per heavy atom. The van der Waals surface area contributed by atoms with Gasteiger partial charge in [-0.2, -0.15) is 13.2 Å². The molecule has 0 bridgehead atoms. The van der Waals surface area contributed by atoms with E-state index in [0.29, 0.717) is 12.1 Å². The van der Waals surface area contributed by atoms with Gasteiger partial charge >= 0.3 is 12.2 Å². The first kappa shape index (κ1) is 28.1. The van der Waals surface area contributed by atoms with Crippen molar-refractivity contribution in [3.8, 4) is 0 Å². The lowest BCUT2D eigenvalue weighted by molar-refractivity contribution is -0.139. The minimum absolute atomic E-state index is 0.0300. The summed E-state index contributed by atoms with van der Waals surface area (Å²) < 4.78 is 41.0. The molecule has 0 saturated carbocycles. The van der Waals surface area contributed by atoms with Crippen molar-refractivity contribution in [2.75, 3.05) is 19.6 Å². The minimum atomic E-state index is -4.62. The number of carbonyl (C=O) groups excluding carboxylic acids is 2. The van der Waals surface area contributed by atoms with E-state index >= 15 is 0 Å². The maximum atomic E-state index is 13.7. The van der Waals surface area contributed by atoms with Crippen molar-refractivity contribution >= 4 is 64.4 Å². The maximum Gasteiger partial charge on any atom is 0.399 e. The number of urea groups is 1. The molecule has 0 aliphatic rings. The number of amides is 3. The van der Waals surface area contributed by atoms with Crippen LogP contribution < -0.4 is 16.0 Å². The first-order chi connectivity index (χ1) is 15.9. The molecule has 3 N–H and O–H groups in total. The van der Waals surface area contributed by atoms with Crippen LogP contribution in [-0.4, -0.2) is 37.7 Å². The molecule has 0 aromatic heterocycles. The van der Waals surface area contributed by atoms with Gasteiger partial charge in [-0.1, -0.05) is 64.6 Å². The number of allylic oxidation sites excluding steroid dienone is 1. The Morgan fingerprint density at radius 3 is 2.12 bits per heavy atom. The van der Waals surface area contributed by atoms with Gasteiger partial charge in [0.2, 0.25) is 0 Å². The van der Waals surface area contributed by atoms with Crippen LogP contribution in [0.15, 0.2) is 36.4 Å². The molecule has 2 rings (SSSR count). The molecule has 2 aromatic carbocycles. The predicted octanol–water partition coefficient (Wildman–Crippen LogP) is 6.71. The third-order valence-electron chi connectivity index (χ3n) is 4.47. The molecule has 0 heterocycles. The summed E-state index contributed by atoms with van der Waals surface area (Å²) in [6, 6.07) is 6.09. The van der Waals surface area contributed by atoms with Crippen LogP contribution in [0.3, 0.4) is 0 Å². The SMILES string of the molecule is CCNC(=O)NCCNC(=O)c1ccc(/C=C/C(c2cc(Cl)c(Cl)c(Cl)c2)C(F)(F)F)cc1Cl. The molecule has 1 atom stereocenters. The average Bonchev–Trinajstić information content (AvgIpc) is 2.74. The first-order valence-electron chi connectivity index (χ1n) is 9.92. The first-order valence-corrected chi connectivity index (χ1v) is 11.4. The topological polar surface area (TPSA) is 70.2 Å². The Morgan fingerprint density at radius 1 is 0.941 bits per heavy atom. The Bertz CT molecular complexity index is 1050. The van der Waals surface area contributed by atoms with E-state index in [2.05, 4.69) is 16.0 Å². The fourth-order valence-electron chi connectivity index (χ4n) is 2.86. The van der Waals surface area contributed by atoms with Crippen molar-refractivity contribution in [2.45, 2.75) is 19.0 Å². The summed E-state index contributed by atoms with van der Waals surface area (Å²) in [5.41, 5.74) is 0.312. The van der Waals surface area contributed by atoms with Crippen LogP contribution in [0, 0.1) is 0 Å². The quantitative estimate of drug-likeness (QED) is 0.250. The van der Waals surface area contributed by atoms with Crippen LogP contribution in [0.5, 0.6) is 0 Å². The molecule has 0 spiro atoms. The van der Waals surface area contributed by atoms with E-state index in [0.717, 1.165) is 18.2 Å². The van der Waals surface area contributed by atoms with Gasteiger partial charge in [0.05, 0.1) is 31.6 Å². The van der Waals surface area contributed by atoms with Gasteiger partial charge in [-0.3, -0.25) is 4.79 Å². The summed E-state index contributed by atoms with van der Waals surface area (Å²) in [6.45, 7) is 2.61. The van der Waals surface area contributed by atoms with Crippen molar-refractivity contribution < 1.29 is 22.8 Å². The van der Waals surface area contributed by atoms with Gasteiger partial charge in [-0.15, -0.1) is 0 Å². The van der Waals surface area contributed by atoms with Crippen LogP contribution in [0.4, 0.5) is 18.0 Å². The molecule has 0 aliphatic carbocycles. The van der Waals surface area contributed by atoms with Gasteiger partial charge in [0.1, 0.15) is 0 Å². The molecule has 0 aliphatic heterocycles. The van der Waals surface area contributed by atoms with Gasteiger partial charge in [0.25, 0.3) is 5.91 Å². The highest BCUT2D eigenvalue weighted by Crippen LogP contribution is 2.41. The van der Waals surface area contributed by atoms with Crippen molar-refractivity contribution in [2.24, 2.45) is 0 Å². The van der Waals surface area contributed by atoms with Gasteiger partial charge in [-0.05, 0) is 42.3 Å². The normalized spacial score (nSPS) is 12.5. The number of hydrogen-bond acceptors (Lipinski definition) is 2. The summed E-state index contributed by atoms with van der Waals surface area (Å²) in [5.74, 6) is -2.49. The van der Waals surface area contributed by atoms with E-state index in [9.17, 15) is 22.8 Å². The lowest BCUT2D eigenvalue weighted by Crippen LogP contribution is -2.40. The summed E-state index contributed by atoms with van der Waals surface area (Å²) in [4.78, 5) is 23.6. The summed E-state index contributed by atoms with van der Waals surface area (Å²) >= 11 is 23.8. The number of alkyl halides is 3. The molecule has 34 heavy (non-hydrogen) atoms. The molecular formula is C22H20Cl4F3N3O2. The van der Waals surface area contributed by atoms with E-state index < -0.39 is 18.0 Å². The Kier molecular flexibility index (Phi) is 10.4. The lowest BCUT2D eigenvalue weighted by atomic mass is 9.97. The number of benzene rings is 2. The third kappa shape index (κ3) is 7.98. The highest BCUT2D eigenvalue weighted by atomic mass is 35.5. The summed E-state index contributed by atoms with van der Waals surface area (Å²) in [7, 11) is 0. The molecule has 3 amide bonds.